The molecule has 2 aliphatic heterocycles. The van der Waals surface area contributed by atoms with Crippen molar-refractivity contribution in [2.75, 3.05) is 53.6 Å². The van der Waals surface area contributed by atoms with Gasteiger partial charge in [-0.15, -0.1) is 0 Å². The molecule has 0 radical (unpaired) electrons. The van der Waals surface area contributed by atoms with Gasteiger partial charge in [-0.05, 0) is 38.0 Å². The molecule has 2 aliphatic rings. The van der Waals surface area contributed by atoms with Crippen LogP contribution in [-0.2, 0) is 14.3 Å². The molecule has 2 aromatic carbocycles. The first-order valence-corrected chi connectivity index (χ1v) is 12.3. The summed E-state index contributed by atoms with van der Waals surface area (Å²) < 4.78 is 16.6. The van der Waals surface area contributed by atoms with Gasteiger partial charge in [0.2, 0.25) is 5.78 Å². The molecule has 2 fully saturated rings. The van der Waals surface area contributed by atoms with Crippen LogP contribution in [0.2, 0.25) is 0 Å². The van der Waals surface area contributed by atoms with Crippen molar-refractivity contribution in [2.24, 2.45) is 5.92 Å². The molecule has 2 unspecified atom stereocenters. The van der Waals surface area contributed by atoms with E-state index in [2.05, 4.69) is 4.90 Å². The molecule has 36 heavy (non-hydrogen) atoms. The third-order valence-corrected chi connectivity index (χ3v) is 7.08. The van der Waals surface area contributed by atoms with Crippen LogP contribution in [0.5, 0.6) is 11.5 Å². The van der Waals surface area contributed by atoms with Crippen LogP contribution in [-0.4, -0.2) is 80.9 Å². The summed E-state index contributed by atoms with van der Waals surface area (Å²) in [4.78, 5) is 44.5. The number of carbonyl (C=O) groups is 3. The summed E-state index contributed by atoms with van der Waals surface area (Å²) in [6, 6.07) is 10.1. The van der Waals surface area contributed by atoms with Crippen molar-refractivity contribution in [1.82, 2.24) is 9.80 Å². The van der Waals surface area contributed by atoms with E-state index in [1.54, 1.807) is 29.2 Å². The molecule has 1 amide bonds. The number of morpholine rings is 1. The van der Waals surface area contributed by atoms with Gasteiger partial charge in [-0.2, -0.15) is 0 Å². The number of hydrogen-bond acceptors (Lipinski definition) is 7. The van der Waals surface area contributed by atoms with Gasteiger partial charge in [0.1, 0.15) is 5.92 Å². The second-order valence-electron chi connectivity index (χ2n) is 9.36. The standard InChI is InChI=1S/C28H34N2O6/c1-18-9-10-19(2)21(17-18)25(31)23-24(20-7-5-8-22(34-3)27(20)35-4)30(28(33)26(23)32)12-6-11-29-13-15-36-16-14-29/h5,7-10,17,23-24H,6,11-16H2,1-4H3. The van der Waals surface area contributed by atoms with E-state index < -0.39 is 23.7 Å². The van der Waals surface area contributed by atoms with Crippen LogP contribution >= 0.6 is 0 Å². The maximum Gasteiger partial charge on any atom is 0.291 e. The number of methoxy groups -OCH3 is 2. The van der Waals surface area contributed by atoms with E-state index in [1.807, 2.05) is 26.0 Å². The molecular weight excluding hydrogens is 460 g/mol. The van der Waals surface area contributed by atoms with Crippen molar-refractivity contribution in [3.63, 3.8) is 0 Å². The minimum atomic E-state index is -1.16. The lowest BCUT2D eigenvalue weighted by molar-refractivity contribution is -0.140. The van der Waals surface area contributed by atoms with Crippen LogP contribution in [0.3, 0.4) is 0 Å². The Hall–Kier alpha value is -3.23. The fraction of sp³-hybridized carbons (Fsp3) is 0.464. The third kappa shape index (κ3) is 5.01. The number of carbonyl (C=O) groups excluding carboxylic acids is 3. The molecule has 0 aromatic heterocycles. The Morgan fingerprint density at radius 3 is 2.47 bits per heavy atom. The molecule has 8 nitrogen and oxygen atoms in total. The Morgan fingerprint density at radius 1 is 1.03 bits per heavy atom. The zero-order valence-electron chi connectivity index (χ0n) is 21.4. The van der Waals surface area contributed by atoms with Crippen LogP contribution in [0.25, 0.3) is 0 Å². The zero-order chi connectivity index (χ0) is 25.8. The molecular formula is C28H34N2O6. The Bertz CT molecular complexity index is 1140. The van der Waals surface area contributed by atoms with E-state index in [4.69, 9.17) is 14.2 Å². The molecule has 0 aliphatic carbocycles. The first-order valence-electron chi connectivity index (χ1n) is 12.3. The normalized spacial score (nSPS) is 20.6. The number of rotatable bonds is 9. The Labute approximate surface area is 212 Å². The number of para-hydroxylation sites is 1. The van der Waals surface area contributed by atoms with E-state index in [1.165, 1.54) is 14.2 Å². The van der Waals surface area contributed by atoms with Crippen LogP contribution in [0, 0.1) is 19.8 Å². The van der Waals surface area contributed by atoms with Gasteiger partial charge in [0.15, 0.2) is 17.3 Å². The van der Waals surface area contributed by atoms with Gasteiger partial charge >= 0.3 is 0 Å². The molecule has 0 saturated carbocycles. The van der Waals surface area contributed by atoms with Gasteiger partial charge in [-0.25, -0.2) is 0 Å². The number of Topliss-reactive ketones (excluding diaryl/α,β-unsaturated/α-hetero) is 2. The summed E-state index contributed by atoms with van der Waals surface area (Å²) in [5.41, 5.74) is 2.74. The van der Waals surface area contributed by atoms with E-state index in [-0.39, 0.29) is 5.78 Å². The zero-order valence-corrected chi connectivity index (χ0v) is 21.4. The van der Waals surface area contributed by atoms with Crippen LogP contribution in [0.1, 0.15) is 39.5 Å². The summed E-state index contributed by atoms with van der Waals surface area (Å²) in [7, 11) is 3.05. The van der Waals surface area contributed by atoms with E-state index in [0.29, 0.717) is 48.8 Å². The minimum absolute atomic E-state index is 0.347. The molecule has 2 aromatic rings. The highest BCUT2D eigenvalue weighted by Crippen LogP contribution is 2.45. The van der Waals surface area contributed by atoms with E-state index in [9.17, 15) is 14.4 Å². The number of ether oxygens (including phenoxy) is 3. The summed E-state index contributed by atoms with van der Waals surface area (Å²) >= 11 is 0. The predicted molar refractivity (Wildman–Crippen MR) is 135 cm³/mol. The van der Waals surface area contributed by atoms with Crippen molar-refractivity contribution in [3.8, 4) is 11.5 Å². The largest absolute Gasteiger partial charge is 0.493 e. The van der Waals surface area contributed by atoms with Gasteiger partial charge < -0.3 is 19.1 Å². The van der Waals surface area contributed by atoms with Crippen molar-refractivity contribution < 1.29 is 28.6 Å². The Morgan fingerprint density at radius 2 is 1.78 bits per heavy atom. The van der Waals surface area contributed by atoms with Crippen molar-refractivity contribution in [2.45, 2.75) is 26.3 Å². The SMILES string of the molecule is COc1cccc(C2C(C(=O)c3cc(C)ccc3C)C(=O)C(=O)N2CCCN2CCOCC2)c1OC. The molecule has 4 rings (SSSR count). The van der Waals surface area contributed by atoms with Gasteiger partial charge in [0.05, 0.1) is 33.5 Å². The minimum Gasteiger partial charge on any atom is -0.493 e. The van der Waals surface area contributed by atoms with Crippen LogP contribution in [0.4, 0.5) is 0 Å². The average molecular weight is 495 g/mol. The predicted octanol–water partition coefficient (Wildman–Crippen LogP) is 2.99. The van der Waals surface area contributed by atoms with Gasteiger partial charge in [0.25, 0.3) is 5.91 Å². The van der Waals surface area contributed by atoms with E-state index >= 15 is 0 Å². The lowest BCUT2D eigenvalue weighted by Gasteiger charge is -2.31. The quantitative estimate of drug-likeness (QED) is 0.301. The number of likely N-dealkylation sites (tertiary alicyclic amines) is 1. The highest BCUT2D eigenvalue weighted by atomic mass is 16.5. The van der Waals surface area contributed by atoms with Gasteiger partial charge in [-0.3, -0.25) is 19.3 Å². The highest BCUT2D eigenvalue weighted by molar-refractivity contribution is 6.44. The average Bonchev–Trinajstić information content (AvgIpc) is 3.14. The van der Waals surface area contributed by atoms with Crippen molar-refractivity contribution in [1.29, 1.82) is 0 Å². The number of amides is 1. The summed E-state index contributed by atoms with van der Waals surface area (Å²) in [5, 5.41) is 0. The molecule has 0 spiro atoms. The summed E-state index contributed by atoms with van der Waals surface area (Å²) in [6.45, 7) is 7.94. The third-order valence-electron chi connectivity index (χ3n) is 7.08. The van der Waals surface area contributed by atoms with Crippen molar-refractivity contribution in [3.05, 3.63) is 58.7 Å². The molecule has 0 N–H and O–H groups in total. The fourth-order valence-corrected chi connectivity index (χ4v) is 5.18. The lowest BCUT2D eigenvalue weighted by atomic mass is 9.84. The smallest absolute Gasteiger partial charge is 0.291 e. The summed E-state index contributed by atoms with van der Waals surface area (Å²) in [6.07, 6.45) is 0.673. The molecule has 2 saturated heterocycles. The monoisotopic (exact) mass is 494 g/mol. The van der Waals surface area contributed by atoms with Crippen LogP contribution in [0.15, 0.2) is 36.4 Å². The van der Waals surface area contributed by atoms with Crippen LogP contribution < -0.4 is 9.47 Å². The second-order valence-corrected chi connectivity index (χ2v) is 9.36. The number of aryl methyl sites for hydroxylation is 2. The number of ketones is 2. The Balaban J connectivity index is 1.72. The summed E-state index contributed by atoms with van der Waals surface area (Å²) in [5.74, 6) is -1.92. The molecule has 192 valence electrons. The van der Waals surface area contributed by atoms with Crippen molar-refractivity contribution >= 4 is 17.5 Å². The molecule has 8 heteroatoms. The van der Waals surface area contributed by atoms with E-state index in [0.717, 1.165) is 30.8 Å². The van der Waals surface area contributed by atoms with Gasteiger partial charge in [-0.1, -0.05) is 29.8 Å². The highest BCUT2D eigenvalue weighted by Gasteiger charge is 2.52. The fourth-order valence-electron chi connectivity index (χ4n) is 5.18. The maximum absolute atomic E-state index is 13.9. The number of benzene rings is 2. The lowest BCUT2D eigenvalue weighted by Crippen LogP contribution is -2.39. The second kappa shape index (κ2) is 11.2. The number of nitrogens with zero attached hydrogens (tertiary/aromatic N) is 2. The maximum atomic E-state index is 13.9. The molecule has 0 bridgehead atoms. The van der Waals surface area contributed by atoms with Gasteiger partial charge in [0, 0.05) is 37.3 Å². The molecule has 2 heterocycles. The first kappa shape index (κ1) is 25.9. The molecule has 2 atom stereocenters. The number of hydrogen-bond donors (Lipinski definition) is 0. The topological polar surface area (TPSA) is 85.4 Å². The Kier molecular flexibility index (Phi) is 8.06. The first-order chi connectivity index (χ1) is 17.4.